The number of hydrogen-bond donors (Lipinski definition) is 1. The van der Waals surface area contributed by atoms with Gasteiger partial charge >= 0.3 is 0 Å². The highest BCUT2D eigenvalue weighted by atomic mass is 32.2. The van der Waals surface area contributed by atoms with E-state index in [0.717, 1.165) is 57.2 Å². The van der Waals surface area contributed by atoms with E-state index < -0.39 is 39.9 Å². The van der Waals surface area contributed by atoms with Gasteiger partial charge in [0.15, 0.2) is 13.2 Å². The van der Waals surface area contributed by atoms with E-state index in [0.29, 0.717) is 77.4 Å². The lowest BCUT2D eigenvalue weighted by atomic mass is 9.96. The molecule has 0 aliphatic heterocycles. The van der Waals surface area contributed by atoms with Crippen LogP contribution in [0.15, 0.2) is 272 Å². The maximum atomic E-state index is 15.1. The van der Waals surface area contributed by atoms with Crippen LogP contribution in [0.2, 0.25) is 18.1 Å². The molecule has 0 aliphatic rings. The van der Waals surface area contributed by atoms with Gasteiger partial charge in [-0.25, -0.2) is 13.1 Å². The van der Waals surface area contributed by atoms with Crippen LogP contribution in [0.25, 0.3) is 0 Å². The van der Waals surface area contributed by atoms with Crippen LogP contribution in [0, 0.1) is 10.1 Å². The van der Waals surface area contributed by atoms with Gasteiger partial charge in [0.1, 0.15) is 28.7 Å². The van der Waals surface area contributed by atoms with Gasteiger partial charge in [-0.1, -0.05) is 215 Å². The van der Waals surface area contributed by atoms with E-state index in [1.54, 1.807) is 35.5 Å². The fraction of sp³-hybridized carbons (Fsp3) is 0.333. The summed E-state index contributed by atoms with van der Waals surface area (Å²) in [5, 5.41) is 12.6. The monoisotopic (exact) mass is 1490 g/mol. The lowest BCUT2D eigenvalue weighted by molar-refractivity contribution is -0.387. The van der Waals surface area contributed by atoms with Crippen molar-refractivity contribution in [2.45, 2.75) is 132 Å². The van der Waals surface area contributed by atoms with Crippen molar-refractivity contribution in [2.75, 3.05) is 68.3 Å². The Morgan fingerprint density at radius 3 is 0.935 bits per heavy atom. The predicted molar refractivity (Wildman–Crippen MR) is 436 cm³/mol. The van der Waals surface area contributed by atoms with E-state index >= 15 is 8.42 Å². The summed E-state index contributed by atoms with van der Waals surface area (Å²) in [7, 11) is 1.57. The summed E-state index contributed by atoms with van der Waals surface area (Å²) in [4.78, 5) is 22.2. The molecule has 16 nitrogen and oxygen atoms in total. The molecule has 108 heavy (non-hydrogen) atoms. The third-order valence-corrected chi connectivity index (χ3v) is 27.1. The number of sulfonamides is 1. The normalized spacial score (nSPS) is 13.4. The molecule has 10 rings (SSSR count). The molecular formula is C90H108N6O10SSi. The minimum absolute atomic E-state index is 0.0355. The highest BCUT2D eigenvalue weighted by Crippen LogP contribution is 2.38. The number of rotatable bonds is 42. The summed E-state index contributed by atoms with van der Waals surface area (Å²) >= 11 is 0. The third kappa shape index (κ3) is 24.0. The average Bonchev–Trinajstić information content (AvgIpc) is 0.806. The Balaban J connectivity index is 1.17. The van der Waals surface area contributed by atoms with Gasteiger partial charge < -0.3 is 28.1 Å². The second kappa shape index (κ2) is 39.6. The zero-order chi connectivity index (χ0) is 76.5. The van der Waals surface area contributed by atoms with Gasteiger partial charge in [-0.2, -0.15) is 0 Å². The molecule has 0 radical (unpaired) electrons. The van der Waals surface area contributed by atoms with Crippen molar-refractivity contribution in [3.63, 3.8) is 0 Å². The SMILES string of the molecule is COc1ccc(C[C@@H](CN(Cc2ccccc2)[C@@H](Cc2ccc(OC)cc2)CN(Cc2ccccc2)[C@@H](Cc2ccc(OC)cc2)CN(Cc2ccccc2)[C@@H](Cc2ccc(OC)cc2)CN(Cc2ccccc2)[C@H](CO[Si](C)(C)C(C)(C)C)Cc2ccc(OC)cc2)NS(=O)(=O)c2ccccc2[N+](=O)[O-])cc1. The molecule has 0 amide bonds. The molecule has 0 saturated carbocycles. The Labute approximate surface area is 642 Å². The van der Waals surface area contributed by atoms with Gasteiger partial charge in [0.2, 0.25) is 10.0 Å². The number of nitro groups is 1. The lowest BCUT2D eigenvalue weighted by Crippen LogP contribution is -2.56. The summed E-state index contributed by atoms with van der Waals surface area (Å²) < 4.78 is 69.6. The minimum atomic E-state index is -4.54. The molecule has 0 fully saturated rings. The van der Waals surface area contributed by atoms with E-state index in [9.17, 15) is 10.1 Å². The number of hydrogen-bond acceptors (Lipinski definition) is 14. The lowest BCUT2D eigenvalue weighted by Gasteiger charge is -2.45. The number of benzene rings is 10. The number of nitrogens with zero attached hydrogens (tertiary/aromatic N) is 5. The number of nitro benzene ring substituents is 1. The van der Waals surface area contributed by atoms with E-state index in [1.807, 2.05) is 54.6 Å². The van der Waals surface area contributed by atoms with Crippen LogP contribution in [-0.4, -0.2) is 140 Å². The first-order valence-corrected chi connectivity index (χ1v) is 41.7. The first-order chi connectivity index (χ1) is 52.2. The Bertz CT molecular complexity index is 4430. The van der Waals surface area contributed by atoms with Crippen molar-refractivity contribution in [1.82, 2.24) is 24.3 Å². The quantitative estimate of drug-likeness (QED) is 0.0219. The van der Waals surface area contributed by atoms with Crippen LogP contribution in [-0.2, 0) is 72.7 Å². The molecule has 0 aliphatic carbocycles. The molecule has 0 spiro atoms. The van der Waals surface area contributed by atoms with Gasteiger partial charge in [-0.15, -0.1) is 0 Å². The Morgan fingerprint density at radius 1 is 0.370 bits per heavy atom. The van der Waals surface area contributed by atoms with Crippen molar-refractivity contribution >= 4 is 24.0 Å². The summed E-state index contributed by atoms with van der Waals surface area (Å²) in [6, 6.07) is 88.3. The Kier molecular flexibility index (Phi) is 29.7. The molecule has 568 valence electrons. The fourth-order valence-electron chi connectivity index (χ4n) is 13.9. The van der Waals surface area contributed by atoms with Crippen LogP contribution < -0.4 is 28.4 Å². The Morgan fingerprint density at radius 2 is 0.639 bits per heavy atom. The molecule has 0 heterocycles. The van der Waals surface area contributed by atoms with Crippen LogP contribution in [0.4, 0.5) is 5.69 Å². The first kappa shape index (κ1) is 81.1. The third-order valence-electron chi connectivity index (χ3n) is 21.0. The fourth-order valence-corrected chi connectivity index (χ4v) is 16.4. The minimum Gasteiger partial charge on any atom is -0.497 e. The van der Waals surface area contributed by atoms with Crippen LogP contribution in [0.1, 0.15) is 70.8 Å². The summed E-state index contributed by atoms with van der Waals surface area (Å²) in [6.45, 7) is 16.4. The largest absolute Gasteiger partial charge is 0.497 e. The maximum absolute atomic E-state index is 15.1. The second-order valence-electron chi connectivity index (χ2n) is 29.7. The maximum Gasteiger partial charge on any atom is 0.289 e. The molecular weight excluding hydrogens is 1390 g/mol. The van der Waals surface area contributed by atoms with E-state index in [4.69, 9.17) is 28.1 Å². The molecule has 1 N–H and O–H groups in total. The molecule has 10 aromatic carbocycles. The summed E-state index contributed by atoms with van der Waals surface area (Å²) in [5.41, 5.74) is 9.45. The molecule has 0 aromatic heterocycles. The van der Waals surface area contributed by atoms with Crippen molar-refractivity contribution in [3.8, 4) is 28.7 Å². The summed E-state index contributed by atoms with van der Waals surface area (Å²) in [6.07, 6.45) is 2.84. The van der Waals surface area contributed by atoms with Crippen molar-refractivity contribution < 1.29 is 41.5 Å². The van der Waals surface area contributed by atoms with Crippen LogP contribution >= 0.6 is 0 Å². The molecule has 0 saturated heterocycles. The number of ether oxygens (including phenoxy) is 5. The van der Waals surface area contributed by atoms with E-state index in [1.165, 1.54) is 46.5 Å². The smallest absolute Gasteiger partial charge is 0.289 e. The standard InChI is InChI=1S/C90H108N6O10SSi/c1-90(2,3)108(9,10)106-68-82(59-73-43-53-87(105-8)54-44-73)95(63-77-31-21-14-22-32-77)67-81(58-72-41-51-86(104-7)52-42-72)94(62-76-29-19-13-20-30-76)66-80(57-71-39-49-85(103-6)50-40-71)93(61-75-27-17-12-18-28-75)65-79(56-70-37-47-84(102-5)48-38-70)92(60-74-25-15-11-16-26-74)64-78(55-69-35-45-83(101-4)46-36-69)91-107(99,100)89-34-24-23-33-88(89)96(97)98/h11-54,78-82,91H,55-68H2,1-10H3/t78-,79-,80-,81-,82-/m0/s1. The van der Waals surface area contributed by atoms with Crippen molar-refractivity contribution in [2.24, 2.45) is 0 Å². The highest BCUT2D eigenvalue weighted by molar-refractivity contribution is 7.89. The van der Waals surface area contributed by atoms with Crippen molar-refractivity contribution in [1.29, 1.82) is 0 Å². The highest BCUT2D eigenvalue weighted by Gasteiger charge is 2.40. The first-order valence-electron chi connectivity index (χ1n) is 37.3. The van der Waals surface area contributed by atoms with Gasteiger partial charge in [0, 0.05) is 95.2 Å². The molecule has 0 bridgehead atoms. The molecule has 0 unspecified atom stereocenters. The molecule has 5 atom stereocenters. The second-order valence-corrected chi connectivity index (χ2v) is 36.1. The molecule has 18 heteroatoms. The Hall–Kier alpha value is -9.47. The number of para-hydroxylation sites is 1. The average molecular weight is 1490 g/mol. The van der Waals surface area contributed by atoms with Gasteiger partial charge in [0.05, 0.1) is 40.5 Å². The molecule has 10 aromatic rings. The zero-order valence-corrected chi connectivity index (χ0v) is 66.2. The van der Waals surface area contributed by atoms with Gasteiger partial charge in [0.25, 0.3) is 5.69 Å². The zero-order valence-electron chi connectivity index (χ0n) is 64.4. The van der Waals surface area contributed by atoms with Gasteiger partial charge in [-0.3, -0.25) is 29.7 Å². The summed E-state index contributed by atoms with van der Waals surface area (Å²) in [5.74, 6) is 3.74. The number of methoxy groups -OCH3 is 5. The van der Waals surface area contributed by atoms with E-state index in [2.05, 4.69) is 246 Å². The topological polar surface area (TPSA) is 158 Å². The van der Waals surface area contributed by atoms with Gasteiger partial charge in [-0.05, 0) is 167 Å². The number of nitrogens with one attached hydrogen (secondary N) is 1. The van der Waals surface area contributed by atoms with Crippen LogP contribution in [0.3, 0.4) is 0 Å². The van der Waals surface area contributed by atoms with Crippen LogP contribution in [0.5, 0.6) is 28.7 Å². The predicted octanol–water partition coefficient (Wildman–Crippen LogP) is 17.0. The van der Waals surface area contributed by atoms with Crippen molar-refractivity contribution in [3.05, 3.63) is 327 Å². The van der Waals surface area contributed by atoms with E-state index in [-0.39, 0.29) is 42.2 Å².